The number of hydrogen-bond donors (Lipinski definition) is 1. The van der Waals surface area contributed by atoms with Gasteiger partial charge in [-0.2, -0.15) is 22.8 Å². The molecule has 2 aromatic heterocycles. The first-order valence-corrected chi connectivity index (χ1v) is 7.95. The minimum absolute atomic E-state index is 0.0129. The van der Waals surface area contributed by atoms with Gasteiger partial charge in [0.25, 0.3) is 5.56 Å². The molecule has 0 fully saturated rings. The maximum absolute atomic E-state index is 13.3. The number of aryl methyl sites for hydroxylation is 1. The fourth-order valence-electron chi connectivity index (χ4n) is 3.00. The Morgan fingerprint density at radius 3 is 2.40 bits per heavy atom. The van der Waals surface area contributed by atoms with Crippen molar-refractivity contribution < 1.29 is 13.2 Å². The number of rotatable bonds is 3. The molecule has 0 bridgehead atoms. The molecule has 3 rings (SSSR count). The molecular weight excluding hydrogens is 331 g/mol. The minimum Gasteiger partial charge on any atom is -0.343 e. The Bertz CT molecular complexity index is 969. The lowest BCUT2D eigenvalue weighted by atomic mass is 10.0. The van der Waals surface area contributed by atoms with Gasteiger partial charge in [0.15, 0.2) is 5.69 Å². The van der Waals surface area contributed by atoms with Gasteiger partial charge in [-0.25, -0.2) is 0 Å². The zero-order valence-corrected chi connectivity index (χ0v) is 14.1. The summed E-state index contributed by atoms with van der Waals surface area (Å²) in [6, 6.07) is 9.30. The van der Waals surface area contributed by atoms with Gasteiger partial charge in [0.1, 0.15) is 5.65 Å². The van der Waals surface area contributed by atoms with Gasteiger partial charge in [-0.1, -0.05) is 44.2 Å². The molecule has 3 aromatic rings. The SMILES string of the molecule is Cc1[nH]c2c(C(C)C)c(C(F)(F)F)nn2c(=O)c1Cc1ccccc1. The number of aromatic amines is 1. The van der Waals surface area contributed by atoms with Crippen molar-refractivity contribution in [3.05, 3.63) is 68.8 Å². The average molecular weight is 349 g/mol. The Kier molecular flexibility index (Phi) is 4.18. The summed E-state index contributed by atoms with van der Waals surface area (Å²) in [6.45, 7) is 5.00. The third-order valence-corrected chi connectivity index (χ3v) is 4.20. The normalized spacial score (nSPS) is 12.3. The topological polar surface area (TPSA) is 50.2 Å². The first kappa shape index (κ1) is 17.3. The molecule has 0 aliphatic heterocycles. The van der Waals surface area contributed by atoms with Crippen molar-refractivity contribution >= 4 is 5.65 Å². The van der Waals surface area contributed by atoms with Crippen molar-refractivity contribution in [2.24, 2.45) is 0 Å². The summed E-state index contributed by atoms with van der Waals surface area (Å²) in [5.74, 6) is -0.427. The smallest absolute Gasteiger partial charge is 0.343 e. The summed E-state index contributed by atoms with van der Waals surface area (Å²) in [5, 5.41) is 3.60. The molecule has 0 saturated heterocycles. The fraction of sp³-hybridized carbons (Fsp3) is 0.333. The molecule has 1 aromatic carbocycles. The van der Waals surface area contributed by atoms with E-state index in [1.54, 1.807) is 20.8 Å². The van der Waals surface area contributed by atoms with Gasteiger partial charge in [0, 0.05) is 23.2 Å². The number of hydrogen-bond acceptors (Lipinski definition) is 2. The molecule has 132 valence electrons. The average Bonchev–Trinajstić information content (AvgIpc) is 2.92. The second-order valence-electron chi connectivity index (χ2n) is 6.37. The highest BCUT2D eigenvalue weighted by atomic mass is 19.4. The van der Waals surface area contributed by atoms with Crippen LogP contribution in [0, 0.1) is 6.92 Å². The number of fused-ring (bicyclic) bond motifs is 1. The number of H-pyrrole nitrogens is 1. The van der Waals surface area contributed by atoms with Crippen LogP contribution in [0.3, 0.4) is 0 Å². The Morgan fingerprint density at radius 1 is 1.20 bits per heavy atom. The summed E-state index contributed by atoms with van der Waals surface area (Å²) in [4.78, 5) is 15.7. The van der Waals surface area contributed by atoms with Crippen molar-refractivity contribution in [3.63, 3.8) is 0 Å². The Morgan fingerprint density at radius 2 is 1.84 bits per heavy atom. The minimum atomic E-state index is -4.61. The van der Waals surface area contributed by atoms with Crippen molar-refractivity contribution in [1.29, 1.82) is 0 Å². The molecular formula is C18H18F3N3O. The molecule has 0 aliphatic carbocycles. The van der Waals surface area contributed by atoms with E-state index in [1.807, 2.05) is 30.3 Å². The second kappa shape index (κ2) is 6.06. The number of aromatic nitrogens is 3. The summed E-state index contributed by atoms with van der Waals surface area (Å²) < 4.78 is 40.9. The van der Waals surface area contributed by atoms with E-state index in [0.717, 1.165) is 10.1 Å². The Labute approximate surface area is 142 Å². The van der Waals surface area contributed by atoms with Crippen LogP contribution in [-0.2, 0) is 12.6 Å². The molecule has 0 atom stereocenters. The van der Waals surface area contributed by atoms with E-state index in [9.17, 15) is 18.0 Å². The van der Waals surface area contributed by atoms with Crippen molar-refractivity contribution in [3.8, 4) is 0 Å². The molecule has 25 heavy (non-hydrogen) atoms. The zero-order valence-electron chi connectivity index (χ0n) is 14.1. The third kappa shape index (κ3) is 3.06. The lowest BCUT2D eigenvalue weighted by Crippen LogP contribution is -2.22. The summed E-state index contributed by atoms with van der Waals surface area (Å²) in [5.41, 5.74) is 0.463. The number of benzene rings is 1. The summed E-state index contributed by atoms with van der Waals surface area (Å²) in [6.07, 6.45) is -4.28. The van der Waals surface area contributed by atoms with Crippen LogP contribution in [-0.4, -0.2) is 14.6 Å². The standard InChI is InChI=1S/C18H18F3N3O/c1-10(2)14-15(18(19,20)21)23-24-16(14)22-11(3)13(17(24)25)9-12-7-5-4-6-8-12/h4-8,10,22H,9H2,1-3H3. The first-order valence-electron chi connectivity index (χ1n) is 7.95. The first-order chi connectivity index (χ1) is 11.7. The van der Waals surface area contributed by atoms with E-state index in [1.165, 1.54) is 0 Å². The highest BCUT2D eigenvalue weighted by Gasteiger charge is 2.39. The van der Waals surface area contributed by atoms with Gasteiger partial charge in [0.2, 0.25) is 0 Å². The Hall–Kier alpha value is -2.57. The van der Waals surface area contributed by atoms with Crippen molar-refractivity contribution in [2.45, 2.75) is 39.3 Å². The number of alkyl halides is 3. The third-order valence-electron chi connectivity index (χ3n) is 4.20. The largest absolute Gasteiger partial charge is 0.435 e. The van der Waals surface area contributed by atoms with E-state index in [0.29, 0.717) is 17.7 Å². The molecule has 2 heterocycles. The zero-order chi connectivity index (χ0) is 18.4. The van der Waals surface area contributed by atoms with E-state index in [2.05, 4.69) is 10.1 Å². The molecule has 0 saturated carbocycles. The molecule has 4 nitrogen and oxygen atoms in total. The molecule has 0 spiro atoms. The quantitative estimate of drug-likeness (QED) is 0.775. The van der Waals surface area contributed by atoms with Crippen LogP contribution in [0.1, 0.15) is 47.8 Å². The molecule has 1 N–H and O–H groups in total. The van der Waals surface area contributed by atoms with Crippen molar-refractivity contribution in [1.82, 2.24) is 14.6 Å². The van der Waals surface area contributed by atoms with E-state index < -0.39 is 23.3 Å². The lowest BCUT2D eigenvalue weighted by molar-refractivity contribution is -0.142. The van der Waals surface area contributed by atoms with Crippen molar-refractivity contribution in [2.75, 3.05) is 0 Å². The predicted octanol–water partition coefficient (Wildman–Crippen LogP) is 4.06. The number of nitrogens with zero attached hydrogens (tertiary/aromatic N) is 2. The molecule has 0 aliphatic rings. The molecule has 7 heteroatoms. The predicted molar refractivity (Wildman–Crippen MR) is 88.9 cm³/mol. The lowest BCUT2D eigenvalue weighted by Gasteiger charge is -2.10. The van der Waals surface area contributed by atoms with Gasteiger partial charge in [0.05, 0.1) is 0 Å². The molecule has 0 radical (unpaired) electrons. The Balaban J connectivity index is 2.26. The van der Waals surface area contributed by atoms with Crippen LogP contribution < -0.4 is 5.56 Å². The number of nitrogens with one attached hydrogen (secondary N) is 1. The molecule has 0 amide bonds. The maximum Gasteiger partial charge on any atom is 0.435 e. The van der Waals surface area contributed by atoms with Crippen LogP contribution in [0.4, 0.5) is 13.2 Å². The highest BCUT2D eigenvalue weighted by molar-refractivity contribution is 5.54. The van der Waals surface area contributed by atoms with Gasteiger partial charge >= 0.3 is 6.18 Å². The van der Waals surface area contributed by atoms with Gasteiger partial charge in [-0.05, 0) is 18.4 Å². The van der Waals surface area contributed by atoms with Crippen LogP contribution in [0.25, 0.3) is 5.65 Å². The fourth-order valence-corrected chi connectivity index (χ4v) is 3.00. The van der Waals surface area contributed by atoms with E-state index >= 15 is 0 Å². The van der Waals surface area contributed by atoms with E-state index in [4.69, 9.17) is 0 Å². The monoisotopic (exact) mass is 349 g/mol. The summed E-state index contributed by atoms with van der Waals surface area (Å²) >= 11 is 0. The van der Waals surface area contributed by atoms with Crippen LogP contribution in [0.5, 0.6) is 0 Å². The van der Waals surface area contributed by atoms with E-state index in [-0.39, 0.29) is 11.2 Å². The van der Waals surface area contributed by atoms with Gasteiger partial charge in [-0.3, -0.25) is 4.79 Å². The van der Waals surface area contributed by atoms with Crippen LogP contribution >= 0.6 is 0 Å². The molecule has 0 unspecified atom stereocenters. The maximum atomic E-state index is 13.3. The second-order valence-corrected chi connectivity index (χ2v) is 6.37. The number of halogens is 3. The van der Waals surface area contributed by atoms with Crippen LogP contribution in [0.2, 0.25) is 0 Å². The van der Waals surface area contributed by atoms with Gasteiger partial charge < -0.3 is 4.98 Å². The summed E-state index contributed by atoms with van der Waals surface area (Å²) in [7, 11) is 0. The van der Waals surface area contributed by atoms with Crippen LogP contribution in [0.15, 0.2) is 35.1 Å². The highest BCUT2D eigenvalue weighted by Crippen LogP contribution is 2.35. The van der Waals surface area contributed by atoms with Gasteiger partial charge in [-0.15, -0.1) is 0 Å².